The molecule has 0 spiro atoms. The van der Waals surface area contributed by atoms with Crippen LogP contribution in [0.5, 0.6) is 0 Å². The summed E-state index contributed by atoms with van der Waals surface area (Å²) in [6.45, 7) is 0.231. The van der Waals surface area contributed by atoms with Gasteiger partial charge in [-0.1, -0.05) is 48.2 Å². The fraction of sp³-hybridized carbons (Fsp3) is 0.125. The van der Waals surface area contributed by atoms with Crippen LogP contribution >= 0.6 is 11.8 Å². The van der Waals surface area contributed by atoms with Gasteiger partial charge in [-0.05, 0) is 23.8 Å². The van der Waals surface area contributed by atoms with Gasteiger partial charge in [-0.15, -0.1) is 0 Å². The highest BCUT2D eigenvalue weighted by Gasteiger charge is 2.14. The minimum absolute atomic E-state index is 0.231. The summed E-state index contributed by atoms with van der Waals surface area (Å²) in [5.74, 6) is -4.18. The number of thioether (sulfide) groups is 1. The second-order valence-electron chi connectivity index (χ2n) is 4.53. The smallest absolute Gasteiger partial charge is 0.313 e. The highest BCUT2D eigenvalue weighted by atomic mass is 32.2. The molecule has 4 nitrogen and oxygen atoms in total. The Kier molecular flexibility index (Phi) is 6.10. The van der Waals surface area contributed by atoms with Crippen LogP contribution in [0.1, 0.15) is 5.56 Å². The Morgan fingerprint density at radius 1 is 1.00 bits per heavy atom. The second-order valence-corrected chi connectivity index (χ2v) is 5.59. The first-order chi connectivity index (χ1) is 11.0. The van der Waals surface area contributed by atoms with Gasteiger partial charge in [0.1, 0.15) is 0 Å². The zero-order valence-electron chi connectivity index (χ0n) is 12.0. The van der Waals surface area contributed by atoms with Crippen molar-refractivity contribution in [1.29, 1.82) is 0 Å². The number of carbonyl (C=O) groups excluding carboxylic acids is 2. The number of carbonyl (C=O) groups is 2. The topological polar surface area (TPSA) is 58.2 Å². The summed E-state index contributed by atoms with van der Waals surface area (Å²) in [4.78, 5) is 23.8. The van der Waals surface area contributed by atoms with E-state index in [4.69, 9.17) is 0 Å². The third kappa shape index (κ3) is 5.71. The maximum Gasteiger partial charge on any atom is 0.313 e. The van der Waals surface area contributed by atoms with Crippen molar-refractivity contribution in [3.8, 4) is 0 Å². The summed E-state index contributed by atoms with van der Waals surface area (Å²) < 4.78 is 24.6. The summed E-state index contributed by atoms with van der Waals surface area (Å²) in [7, 11) is 0. The van der Waals surface area contributed by atoms with Gasteiger partial charge in [0.2, 0.25) is 0 Å². The van der Waals surface area contributed by atoms with E-state index in [1.165, 1.54) is 24.3 Å². The fourth-order valence-electron chi connectivity index (χ4n) is 1.80. The molecule has 0 aromatic heterocycles. The van der Waals surface area contributed by atoms with Gasteiger partial charge < -0.3 is 10.6 Å². The van der Waals surface area contributed by atoms with Crippen LogP contribution in [0.25, 0.3) is 0 Å². The maximum atomic E-state index is 12.3. The quantitative estimate of drug-likeness (QED) is 0.651. The van der Waals surface area contributed by atoms with E-state index in [9.17, 15) is 18.4 Å². The van der Waals surface area contributed by atoms with Crippen molar-refractivity contribution in [1.82, 2.24) is 5.32 Å². The largest absolute Gasteiger partial charge is 0.344 e. The van der Waals surface area contributed by atoms with E-state index in [1.54, 1.807) is 0 Å². The predicted molar refractivity (Wildman–Crippen MR) is 85.2 cm³/mol. The maximum absolute atomic E-state index is 12.3. The first-order valence-corrected chi connectivity index (χ1v) is 7.60. The molecule has 0 saturated heterocycles. The number of nitrogens with one attached hydrogen (secondary N) is 2. The van der Waals surface area contributed by atoms with E-state index in [2.05, 4.69) is 10.6 Å². The summed E-state index contributed by atoms with van der Waals surface area (Å²) >= 11 is 0.370. The molecule has 0 atom stereocenters. The lowest BCUT2D eigenvalue weighted by atomic mass is 10.2. The van der Waals surface area contributed by atoms with Crippen molar-refractivity contribution in [3.63, 3.8) is 0 Å². The number of halogens is 2. The molecule has 7 heteroatoms. The Hall–Kier alpha value is -2.41. The molecule has 0 unspecified atom stereocenters. The monoisotopic (exact) mass is 336 g/mol. The van der Waals surface area contributed by atoms with Crippen molar-refractivity contribution in [2.75, 3.05) is 5.32 Å². The van der Waals surface area contributed by atoms with Crippen LogP contribution < -0.4 is 10.6 Å². The van der Waals surface area contributed by atoms with Crippen molar-refractivity contribution >= 4 is 29.3 Å². The molecule has 0 bridgehead atoms. The number of alkyl halides is 2. The lowest BCUT2D eigenvalue weighted by Gasteiger charge is -2.08. The molecule has 2 rings (SSSR count). The van der Waals surface area contributed by atoms with Gasteiger partial charge in [-0.3, -0.25) is 9.59 Å². The van der Waals surface area contributed by atoms with Crippen LogP contribution in [-0.2, 0) is 16.1 Å². The Labute approximate surface area is 136 Å². The minimum Gasteiger partial charge on any atom is -0.344 e. The van der Waals surface area contributed by atoms with Crippen LogP contribution in [0.2, 0.25) is 0 Å². The standard InChI is InChI=1S/C16H14F2N2O2S/c17-16(18)23-13-8-4-7-12(9-13)20-15(22)14(21)19-10-11-5-2-1-3-6-11/h1-9,16H,10H2,(H,19,21)(H,20,22). The van der Waals surface area contributed by atoms with Crippen LogP contribution in [0, 0.1) is 0 Å². The van der Waals surface area contributed by atoms with Gasteiger partial charge in [0.15, 0.2) is 0 Å². The molecular weight excluding hydrogens is 322 g/mol. The fourth-order valence-corrected chi connectivity index (χ4v) is 2.35. The zero-order valence-corrected chi connectivity index (χ0v) is 12.8. The molecule has 2 amide bonds. The molecule has 23 heavy (non-hydrogen) atoms. The normalized spacial score (nSPS) is 10.4. The van der Waals surface area contributed by atoms with Gasteiger partial charge in [0.25, 0.3) is 5.76 Å². The molecule has 0 aliphatic rings. The van der Waals surface area contributed by atoms with Crippen LogP contribution in [-0.4, -0.2) is 17.6 Å². The molecule has 0 heterocycles. The molecular formula is C16H14F2N2O2S. The van der Waals surface area contributed by atoms with Gasteiger partial charge in [0.05, 0.1) is 0 Å². The molecule has 2 aromatic rings. The second kappa shape index (κ2) is 8.28. The van der Waals surface area contributed by atoms with Crippen LogP contribution in [0.4, 0.5) is 14.5 Å². The Morgan fingerprint density at radius 3 is 2.43 bits per heavy atom. The first kappa shape index (κ1) is 17.0. The molecule has 2 N–H and O–H groups in total. The van der Waals surface area contributed by atoms with Crippen molar-refractivity contribution in [2.24, 2.45) is 0 Å². The molecule has 0 fully saturated rings. The molecule has 0 aliphatic carbocycles. The van der Waals surface area contributed by atoms with Crippen LogP contribution in [0.3, 0.4) is 0 Å². The summed E-state index contributed by atoms with van der Waals surface area (Å²) in [5, 5.41) is 4.87. The highest BCUT2D eigenvalue weighted by Crippen LogP contribution is 2.27. The average Bonchev–Trinajstić information content (AvgIpc) is 2.53. The Morgan fingerprint density at radius 2 is 1.74 bits per heavy atom. The summed E-state index contributed by atoms with van der Waals surface area (Å²) in [6, 6.07) is 15.1. The zero-order chi connectivity index (χ0) is 16.7. The van der Waals surface area contributed by atoms with Crippen molar-refractivity contribution < 1.29 is 18.4 Å². The van der Waals surface area contributed by atoms with Gasteiger partial charge >= 0.3 is 11.8 Å². The number of rotatable bonds is 5. The SMILES string of the molecule is O=C(NCc1ccccc1)C(=O)Nc1cccc(SC(F)F)c1. The Balaban J connectivity index is 1.89. The third-order valence-corrected chi connectivity index (χ3v) is 3.52. The molecule has 0 saturated carbocycles. The molecule has 2 aromatic carbocycles. The third-order valence-electron chi connectivity index (χ3n) is 2.82. The average molecular weight is 336 g/mol. The van der Waals surface area contributed by atoms with Gasteiger partial charge in [-0.2, -0.15) is 8.78 Å². The molecule has 0 aliphatic heterocycles. The lowest BCUT2D eigenvalue weighted by Crippen LogP contribution is -2.34. The number of hydrogen-bond acceptors (Lipinski definition) is 3. The van der Waals surface area contributed by atoms with E-state index < -0.39 is 17.6 Å². The number of hydrogen-bond donors (Lipinski definition) is 2. The van der Waals surface area contributed by atoms with Gasteiger partial charge in [-0.25, -0.2) is 0 Å². The highest BCUT2D eigenvalue weighted by molar-refractivity contribution is 7.99. The van der Waals surface area contributed by atoms with Crippen molar-refractivity contribution in [2.45, 2.75) is 17.2 Å². The van der Waals surface area contributed by atoms with E-state index in [0.29, 0.717) is 16.7 Å². The summed E-state index contributed by atoms with van der Waals surface area (Å²) in [6.07, 6.45) is 0. The lowest BCUT2D eigenvalue weighted by molar-refractivity contribution is -0.136. The van der Waals surface area contributed by atoms with E-state index in [-0.39, 0.29) is 12.2 Å². The molecule has 0 radical (unpaired) electrons. The minimum atomic E-state index is -2.55. The van der Waals surface area contributed by atoms with Gasteiger partial charge in [0, 0.05) is 17.1 Å². The number of benzene rings is 2. The summed E-state index contributed by atoms with van der Waals surface area (Å²) in [5.41, 5.74) is 1.15. The van der Waals surface area contributed by atoms with E-state index >= 15 is 0 Å². The Bertz CT molecular complexity index is 681. The number of anilines is 1. The van der Waals surface area contributed by atoms with Crippen molar-refractivity contribution in [3.05, 3.63) is 60.2 Å². The molecule has 120 valence electrons. The van der Waals surface area contributed by atoms with Crippen LogP contribution in [0.15, 0.2) is 59.5 Å². The van der Waals surface area contributed by atoms with E-state index in [0.717, 1.165) is 5.56 Å². The van der Waals surface area contributed by atoms with E-state index in [1.807, 2.05) is 30.3 Å². The number of amides is 2. The predicted octanol–water partition coefficient (Wildman–Crippen LogP) is 3.26. The first-order valence-electron chi connectivity index (χ1n) is 6.72.